The SMILES string of the molecule is CCCS(=O)(=O)N1CCN(C2(C(Cl)NC(=O)c3ccccc3)CCC(F)CCC2F)CC1. The zero-order chi connectivity index (χ0) is 23.4. The number of piperazine rings is 1. The minimum Gasteiger partial charge on any atom is -0.334 e. The number of hydrogen-bond acceptors (Lipinski definition) is 4. The highest BCUT2D eigenvalue weighted by Gasteiger charge is 2.53. The summed E-state index contributed by atoms with van der Waals surface area (Å²) in [5.41, 5.74) is -2.02. The highest BCUT2D eigenvalue weighted by atomic mass is 35.5. The summed E-state index contributed by atoms with van der Waals surface area (Å²) in [5, 5.41) is 2.73. The Bertz CT molecular complexity index is 868. The van der Waals surface area contributed by atoms with Crippen LogP contribution in [0.15, 0.2) is 30.3 Å². The normalized spacial score (nSPS) is 29.2. The fraction of sp³-hybridized carbons (Fsp3) is 0.682. The van der Waals surface area contributed by atoms with Crippen molar-refractivity contribution in [2.24, 2.45) is 0 Å². The summed E-state index contributed by atoms with van der Waals surface area (Å²) in [7, 11) is -3.36. The number of rotatable bonds is 7. The fourth-order valence-corrected chi connectivity index (χ4v) is 6.73. The molecule has 3 rings (SSSR count). The van der Waals surface area contributed by atoms with Gasteiger partial charge in [0.05, 0.1) is 11.3 Å². The van der Waals surface area contributed by atoms with Crippen molar-refractivity contribution in [2.75, 3.05) is 31.9 Å². The van der Waals surface area contributed by atoms with Gasteiger partial charge in [0.25, 0.3) is 5.91 Å². The van der Waals surface area contributed by atoms with Crippen LogP contribution in [0, 0.1) is 0 Å². The monoisotopic (exact) mass is 491 g/mol. The van der Waals surface area contributed by atoms with E-state index in [0.29, 0.717) is 12.0 Å². The van der Waals surface area contributed by atoms with Crippen LogP contribution in [0.2, 0.25) is 0 Å². The highest BCUT2D eigenvalue weighted by Crippen LogP contribution is 2.40. The number of carbonyl (C=O) groups is 1. The molecule has 10 heteroatoms. The fourth-order valence-electron chi connectivity index (χ4n) is 4.75. The Kier molecular flexibility index (Phi) is 8.52. The van der Waals surface area contributed by atoms with E-state index in [1.807, 2.05) is 11.8 Å². The van der Waals surface area contributed by atoms with Crippen molar-refractivity contribution >= 4 is 27.5 Å². The van der Waals surface area contributed by atoms with Crippen molar-refractivity contribution in [3.63, 3.8) is 0 Å². The number of hydrogen-bond donors (Lipinski definition) is 1. The molecule has 2 aliphatic rings. The lowest BCUT2D eigenvalue weighted by atomic mass is 9.85. The van der Waals surface area contributed by atoms with Crippen LogP contribution in [0.5, 0.6) is 0 Å². The first kappa shape index (κ1) is 25.3. The van der Waals surface area contributed by atoms with Gasteiger partial charge in [0.2, 0.25) is 10.0 Å². The van der Waals surface area contributed by atoms with Gasteiger partial charge in [-0.2, -0.15) is 4.31 Å². The molecule has 1 amide bonds. The third-order valence-corrected chi connectivity index (χ3v) is 9.11. The molecule has 0 bridgehead atoms. The van der Waals surface area contributed by atoms with Crippen LogP contribution >= 0.6 is 11.6 Å². The zero-order valence-electron chi connectivity index (χ0n) is 18.4. The average Bonchev–Trinajstić information content (AvgIpc) is 2.93. The second-order valence-corrected chi connectivity index (χ2v) is 11.1. The van der Waals surface area contributed by atoms with Gasteiger partial charge in [0, 0.05) is 31.7 Å². The van der Waals surface area contributed by atoms with Gasteiger partial charge < -0.3 is 5.32 Å². The molecule has 1 aromatic carbocycles. The Balaban J connectivity index is 1.83. The molecular weight excluding hydrogens is 460 g/mol. The van der Waals surface area contributed by atoms with Crippen LogP contribution in [0.1, 0.15) is 49.4 Å². The van der Waals surface area contributed by atoms with Gasteiger partial charge in [-0.05, 0) is 44.2 Å². The summed E-state index contributed by atoms with van der Waals surface area (Å²) in [5.74, 6) is -0.360. The molecule has 180 valence electrons. The van der Waals surface area contributed by atoms with Gasteiger partial charge in [0.15, 0.2) is 0 Å². The second-order valence-electron chi connectivity index (χ2n) is 8.58. The molecule has 1 saturated heterocycles. The third kappa shape index (κ3) is 5.43. The molecule has 1 saturated carbocycles. The summed E-state index contributed by atoms with van der Waals surface area (Å²) in [6.07, 6.45) is -1.69. The van der Waals surface area contributed by atoms with E-state index in [1.54, 1.807) is 30.3 Å². The van der Waals surface area contributed by atoms with E-state index in [2.05, 4.69) is 5.32 Å². The number of carbonyl (C=O) groups excluding carboxylic acids is 1. The predicted octanol–water partition coefficient (Wildman–Crippen LogP) is 3.33. The molecule has 0 spiro atoms. The Morgan fingerprint density at radius 2 is 1.81 bits per heavy atom. The minimum absolute atomic E-state index is 0.0000578. The lowest BCUT2D eigenvalue weighted by Crippen LogP contribution is -2.68. The second kappa shape index (κ2) is 10.8. The van der Waals surface area contributed by atoms with Gasteiger partial charge in [0.1, 0.15) is 17.8 Å². The number of nitrogens with zero attached hydrogens (tertiary/aromatic N) is 2. The maximum absolute atomic E-state index is 15.7. The van der Waals surface area contributed by atoms with Gasteiger partial charge in [-0.3, -0.25) is 9.69 Å². The quantitative estimate of drug-likeness (QED) is 0.361. The Morgan fingerprint density at radius 1 is 1.16 bits per heavy atom. The van der Waals surface area contributed by atoms with Gasteiger partial charge in [-0.1, -0.05) is 36.7 Å². The van der Waals surface area contributed by atoms with Crippen molar-refractivity contribution in [3.8, 4) is 0 Å². The van der Waals surface area contributed by atoms with Crippen molar-refractivity contribution in [1.29, 1.82) is 0 Å². The Hall–Kier alpha value is -1.29. The smallest absolute Gasteiger partial charge is 0.252 e. The molecule has 1 aliphatic heterocycles. The van der Waals surface area contributed by atoms with E-state index in [9.17, 15) is 17.6 Å². The summed E-state index contributed by atoms with van der Waals surface area (Å²) in [6.45, 7) is 2.77. The molecule has 4 unspecified atom stereocenters. The molecular formula is C22H32ClF2N3O3S. The number of alkyl halides is 3. The van der Waals surface area contributed by atoms with Crippen LogP contribution in [-0.2, 0) is 10.0 Å². The maximum Gasteiger partial charge on any atom is 0.252 e. The van der Waals surface area contributed by atoms with E-state index in [0.717, 1.165) is 0 Å². The van der Waals surface area contributed by atoms with E-state index in [-0.39, 0.29) is 57.6 Å². The van der Waals surface area contributed by atoms with Gasteiger partial charge in [-0.15, -0.1) is 0 Å². The standard InChI is InChI=1S/C22H32ClF2N3O3S/c1-2-16-32(30,31)28-14-12-27(13-15-28)22(11-10-18(24)8-9-19(22)25)21(23)26-20(29)17-6-4-3-5-7-17/h3-7,18-19,21H,2,8-16H2,1H3,(H,26,29). The van der Waals surface area contributed by atoms with E-state index in [4.69, 9.17) is 11.6 Å². The van der Waals surface area contributed by atoms with Crippen molar-refractivity contribution < 1.29 is 22.0 Å². The number of sulfonamides is 1. The molecule has 6 nitrogen and oxygen atoms in total. The molecule has 1 N–H and O–H groups in total. The number of benzene rings is 1. The first-order valence-corrected chi connectivity index (χ1v) is 13.3. The topological polar surface area (TPSA) is 69.7 Å². The summed E-state index contributed by atoms with van der Waals surface area (Å²) in [6, 6.07) is 8.51. The zero-order valence-corrected chi connectivity index (χ0v) is 19.9. The summed E-state index contributed by atoms with van der Waals surface area (Å²) in [4.78, 5) is 14.6. The van der Waals surface area contributed by atoms with Crippen molar-refractivity contribution in [3.05, 3.63) is 35.9 Å². The lowest BCUT2D eigenvalue weighted by molar-refractivity contribution is -0.0213. The minimum atomic E-state index is -3.36. The average molecular weight is 492 g/mol. The van der Waals surface area contributed by atoms with E-state index >= 15 is 4.39 Å². The Morgan fingerprint density at radius 3 is 2.44 bits per heavy atom. The van der Waals surface area contributed by atoms with Crippen LogP contribution in [0.25, 0.3) is 0 Å². The summed E-state index contributed by atoms with van der Waals surface area (Å²) < 4.78 is 56.2. The summed E-state index contributed by atoms with van der Waals surface area (Å²) >= 11 is 6.72. The van der Waals surface area contributed by atoms with Crippen molar-refractivity contribution in [2.45, 2.75) is 62.4 Å². The van der Waals surface area contributed by atoms with Crippen LogP contribution < -0.4 is 5.32 Å². The highest BCUT2D eigenvalue weighted by molar-refractivity contribution is 7.89. The van der Waals surface area contributed by atoms with Crippen LogP contribution in [-0.4, -0.2) is 78.8 Å². The van der Waals surface area contributed by atoms with Gasteiger partial charge in [-0.25, -0.2) is 17.2 Å². The maximum atomic E-state index is 15.7. The molecule has 2 fully saturated rings. The molecule has 4 atom stereocenters. The van der Waals surface area contributed by atoms with Crippen LogP contribution in [0.3, 0.4) is 0 Å². The van der Waals surface area contributed by atoms with Crippen LogP contribution in [0.4, 0.5) is 8.78 Å². The number of nitrogens with one attached hydrogen (secondary N) is 1. The van der Waals surface area contributed by atoms with E-state index in [1.165, 1.54) is 4.31 Å². The Labute approximate surface area is 194 Å². The molecule has 1 heterocycles. The predicted molar refractivity (Wildman–Crippen MR) is 122 cm³/mol. The van der Waals surface area contributed by atoms with E-state index < -0.39 is 39.3 Å². The largest absolute Gasteiger partial charge is 0.334 e. The lowest BCUT2D eigenvalue weighted by Gasteiger charge is -2.50. The molecule has 1 aliphatic carbocycles. The molecule has 0 radical (unpaired) electrons. The first-order valence-electron chi connectivity index (χ1n) is 11.2. The first-order chi connectivity index (χ1) is 15.2. The number of halogens is 3. The number of amides is 1. The molecule has 0 aromatic heterocycles. The third-order valence-electron chi connectivity index (χ3n) is 6.55. The van der Waals surface area contributed by atoms with Crippen molar-refractivity contribution in [1.82, 2.24) is 14.5 Å². The van der Waals surface area contributed by atoms with Gasteiger partial charge >= 0.3 is 0 Å². The molecule has 1 aromatic rings. The molecule has 32 heavy (non-hydrogen) atoms.